The monoisotopic (exact) mass is 635 g/mol. The first-order valence-corrected chi connectivity index (χ1v) is 17.5. The number of carbonyl (C=O) groups is 2. The molecular weight excluding hydrogens is 591 g/mol. The number of aliphatic carboxylic acids is 1. The lowest BCUT2D eigenvalue weighted by atomic mass is 9.84. The zero-order valence-electron chi connectivity index (χ0n) is 27.6. The summed E-state index contributed by atoms with van der Waals surface area (Å²) in [5.41, 5.74) is 1.55. The van der Waals surface area contributed by atoms with Gasteiger partial charge in [-0.3, -0.25) is 0 Å². The second kappa shape index (κ2) is 14.8. The quantitative estimate of drug-likeness (QED) is 0.168. The Balaban J connectivity index is 1.91. The summed E-state index contributed by atoms with van der Waals surface area (Å²) < 4.78 is 12.9. The van der Waals surface area contributed by atoms with E-state index in [2.05, 4.69) is 50.4 Å². The molecule has 0 aliphatic rings. The van der Waals surface area contributed by atoms with Gasteiger partial charge < -0.3 is 19.6 Å². The minimum absolute atomic E-state index is 0.127. The number of benzene rings is 4. The van der Waals surface area contributed by atoms with Gasteiger partial charge in [0, 0.05) is 5.92 Å². The van der Waals surface area contributed by atoms with Crippen molar-refractivity contribution in [1.82, 2.24) is 5.32 Å². The molecule has 0 aliphatic carbocycles. The Morgan fingerprint density at radius 1 is 0.739 bits per heavy atom. The first-order valence-electron chi connectivity index (χ1n) is 15.6. The van der Waals surface area contributed by atoms with Gasteiger partial charge in [0.15, 0.2) is 0 Å². The molecule has 7 heteroatoms. The fraction of sp³-hybridized carbons (Fsp3) is 0.282. The summed E-state index contributed by atoms with van der Waals surface area (Å²) in [5.74, 6) is -1.95. The first-order chi connectivity index (χ1) is 21.8. The molecule has 46 heavy (non-hydrogen) atoms. The number of nitrogens with one attached hydrogen (secondary N) is 1. The van der Waals surface area contributed by atoms with E-state index in [1.165, 1.54) is 0 Å². The third-order valence-corrected chi connectivity index (χ3v) is 12.8. The Morgan fingerprint density at radius 3 is 1.63 bits per heavy atom. The largest absolute Gasteiger partial charge is 0.480 e. The van der Waals surface area contributed by atoms with Crippen molar-refractivity contribution in [2.45, 2.75) is 64.1 Å². The lowest BCUT2D eigenvalue weighted by Gasteiger charge is -2.43. The number of carbonyl (C=O) groups excluding carboxylic acids is 1. The maximum absolute atomic E-state index is 13.1. The van der Waals surface area contributed by atoms with Gasteiger partial charge in [0.05, 0.1) is 6.61 Å². The normalized spacial score (nSPS) is 13.8. The van der Waals surface area contributed by atoms with Crippen LogP contribution in [0.25, 0.3) is 6.08 Å². The SMILES string of the molecule is CC(C)(C)OC(=O)N[C@H](C(=O)O)[C@@H](/C(=C/c1ccccc1)CO[Si](c1ccccc1)(c1ccccc1)C(C)(C)C)c1ccccc1. The highest BCUT2D eigenvalue weighted by atomic mass is 28.4. The Labute approximate surface area is 274 Å². The molecule has 0 radical (unpaired) electrons. The van der Waals surface area contributed by atoms with E-state index in [1.54, 1.807) is 20.8 Å². The number of alkyl carbamates (subject to hydrolysis) is 1. The van der Waals surface area contributed by atoms with Crippen molar-refractivity contribution in [3.05, 3.63) is 138 Å². The van der Waals surface area contributed by atoms with E-state index in [0.29, 0.717) is 5.57 Å². The molecule has 0 unspecified atom stereocenters. The molecule has 2 atom stereocenters. The minimum atomic E-state index is -3.00. The van der Waals surface area contributed by atoms with Crippen molar-refractivity contribution in [1.29, 1.82) is 0 Å². The molecule has 4 aromatic rings. The maximum atomic E-state index is 13.1. The van der Waals surface area contributed by atoms with E-state index in [-0.39, 0.29) is 11.6 Å². The molecule has 1 amide bonds. The van der Waals surface area contributed by atoms with E-state index in [1.807, 2.05) is 103 Å². The van der Waals surface area contributed by atoms with Crippen LogP contribution in [0.5, 0.6) is 0 Å². The molecule has 4 aromatic carbocycles. The third-order valence-electron chi connectivity index (χ3n) is 7.85. The second-order valence-electron chi connectivity index (χ2n) is 13.4. The van der Waals surface area contributed by atoms with Crippen LogP contribution in [0.2, 0.25) is 5.04 Å². The molecule has 2 N–H and O–H groups in total. The highest BCUT2D eigenvalue weighted by Gasteiger charge is 2.50. The zero-order chi connectivity index (χ0) is 33.4. The van der Waals surface area contributed by atoms with E-state index in [9.17, 15) is 14.7 Å². The summed E-state index contributed by atoms with van der Waals surface area (Å²) in [6.07, 6.45) is 1.19. The van der Waals surface area contributed by atoms with Crippen LogP contribution in [-0.4, -0.2) is 43.7 Å². The Kier molecular flexibility index (Phi) is 11.0. The standard InChI is InChI=1S/C39H45NO5Si/c1-38(2,3)45-37(43)40-35(36(41)42)34(30-21-13-8-14-22-30)31(27-29-19-11-7-12-20-29)28-44-46(39(4,5)6,32-23-15-9-16-24-32)33-25-17-10-18-26-33/h7-27,34-35H,28H2,1-6H3,(H,40,43)(H,41,42)/b31-27+/t34-,35+/m1/s1. The van der Waals surface area contributed by atoms with Gasteiger partial charge in [0.2, 0.25) is 0 Å². The van der Waals surface area contributed by atoms with Gasteiger partial charge in [-0.15, -0.1) is 0 Å². The fourth-order valence-corrected chi connectivity index (χ4v) is 10.5. The van der Waals surface area contributed by atoms with Crippen LogP contribution in [-0.2, 0) is 14.0 Å². The second-order valence-corrected chi connectivity index (χ2v) is 17.7. The average molecular weight is 636 g/mol. The lowest BCUT2D eigenvalue weighted by Crippen LogP contribution is -2.66. The maximum Gasteiger partial charge on any atom is 0.408 e. The van der Waals surface area contributed by atoms with Crippen LogP contribution in [0.4, 0.5) is 4.79 Å². The molecule has 0 bridgehead atoms. The summed E-state index contributed by atoms with van der Waals surface area (Å²) in [6.45, 7) is 12.0. The minimum Gasteiger partial charge on any atom is -0.480 e. The van der Waals surface area contributed by atoms with Crippen molar-refractivity contribution >= 4 is 36.8 Å². The molecule has 0 saturated heterocycles. The Morgan fingerprint density at radius 2 is 1.20 bits per heavy atom. The van der Waals surface area contributed by atoms with Gasteiger partial charge in [0.1, 0.15) is 11.6 Å². The number of hydrogen-bond acceptors (Lipinski definition) is 4. The van der Waals surface area contributed by atoms with Crippen molar-refractivity contribution in [2.24, 2.45) is 0 Å². The number of carboxylic acids is 1. The lowest BCUT2D eigenvalue weighted by molar-refractivity contribution is -0.139. The molecule has 0 heterocycles. The van der Waals surface area contributed by atoms with E-state index >= 15 is 0 Å². The molecule has 0 saturated carbocycles. The van der Waals surface area contributed by atoms with Gasteiger partial charge in [-0.1, -0.05) is 148 Å². The highest BCUT2D eigenvalue weighted by Crippen LogP contribution is 2.39. The van der Waals surface area contributed by atoms with Crippen molar-refractivity contribution in [2.75, 3.05) is 6.61 Å². The third kappa shape index (κ3) is 8.41. The van der Waals surface area contributed by atoms with Gasteiger partial charge >= 0.3 is 12.1 Å². The Hall–Kier alpha value is -4.46. The molecule has 0 aromatic heterocycles. The molecule has 240 valence electrons. The smallest absolute Gasteiger partial charge is 0.408 e. The van der Waals surface area contributed by atoms with Crippen LogP contribution in [0.15, 0.2) is 127 Å². The van der Waals surface area contributed by atoms with Crippen LogP contribution in [0.3, 0.4) is 0 Å². The first kappa shape index (κ1) is 34.4. The van der Waals surface area contributed by atoms with Crippen molar-refractivity contribution in [3.63, 3.8) is 0 Å². The van der Waals surface area contributed by atoms with Crippen LogP contribution < -0.4 is 15.7 Å². The van der Waals surface area contributed by atoms with E-state index < -0.39 is 37.9 Å². The summed E-state index contributed by atoms with van der Waals surface area (Å²) in [6, 6.07) is 38.5. The number of carboxylic acid groups (broad SMARTS) is 1. The average Bonchev–Trinajstić information content (AvgIpc) is 3.01. The molecule has 0 spiro atoms. The van der Waals surface area contributed by atoms with Crippen molar-refractivity contribution in [3.8, 4) is 0 Å². The highest BCUT2D eigenvalue weighted by molar-refractivity contribution is 6.99. The van der Waals surface area contributed by atoms with Gasteiger partial charge in [-0.2, -0.15) is 0 Å². The number of amides is 1. The van der Waals surface area contributed by atoms with E-state index in [4.69, 9.17) is 9.16 Å². The fourth-order valence-electron chi connectivity index (χ4n) is 5.94. The van der Waals surface area contributed by atoms with Gasteiger partial charge in [-0.25, -0.2) is 9.59 Å². The van der Waals surface area contributed by atoms with Crippen LogP contribution >= 0.6 is 0 Å². The predicted octanol–water partition coefficient (Wildman–Crippen LogP) is 7.41. The van der Waals surface area contributed by atoms with Crippen LogP contribution in [0.1, 0.15) is 58.6 Å². The van der Waals surface area contributed by atoms with Crippen LogP contribution in [0, 0.1) is 0 Å². The summed E-state index contributed by atoms with van der Waals surface area (Å²) >= 11 is 0. The van der Waals surface area contributed by atoms with Crippen molar-refractivity contribution < 1.29 is 23.9 Å². The number of rotatable bonds is 11. The molecule has 0 fully saturated rings. The summed E-state index contributed by atoms with van der Waals surface area (Å²) in [5, 5.41) is 15.3. The van der Waals surface area contributed by atoms with Gasteiger partial charge in [-0.05, 0) is 52.9 Å². The topological polar surface area (TPSA) is 84.9 Å². The van der Waals surface area contributed by atoms with E-state index in [0.717, 1.165) is 21.5 Å². The number of hydrogen-bond donors (Lipinski definition) is 2. The number of ether oxygens (including phenoxy) is 1. The molecule has 4 rings (SSSR count). The molecule has 0 aliphatic heterocycles. The van der Waals surface area contributed by atoms with Gasteiger partial charge in [0.25, 0.3) is 8.32 Å². The predicted molar refractivity (Wildman–Crippen MR) is 188 cm³/mol. The zero-order valence-corrected chi connectivity index (χ0v) is 28.6. The Bertz CT molecular complexity index is 1560. The summed E-state index contributed by atoms with van der Waals surface area (Å²) in [7, 11) is -3.00. The summed E-state index contributed by atoms with van der Waals surface area (Å²) in [4.78, 5) is 26.1. The molecular formula is C39H45NO5Si. The molecule has 6 nitrogen and oxygen atoms in total.